The Morgan fingerprint density at radius 3 is 2.00 bits per heavy atom. The van der Waals surface area contributed by atoms with Crippen LogP contribution in [0, 0.1) is 0 Å². The molecule has 0 atom stereocenters. The molecule has 238 valence electrons. The third-order valence-corrected chi connectivity index (χ3v) is 10.0. The van der Waals surface area contributed by atoms with Gasteiger partial charge in [0.05, 0.1) is 11.0 Å². The molecule has 0 aliphatic rings. The fourth-order valence-corrected chi connectivity index (χ4v) is 7.70. The summed E-state index contributed by atoms with van der Waals surface area (Å²) in [4.78, 5) is 10.4. The average Bonchev–Trinajstić information content (AvgIpc) is 3.87. The molecule has 11 rings (SSSR count). The Bertz CT molecular complexity index is 3130. The Hall–Kier alpha value is -6.98. The smallest absolute Gasteiger partial charge is 0.180 e. The van der Waals surface area contributed by atoms with Crippen LogP contribution in [-0.4, -0.2) is 14.5 Å². The standard InChI is InChI=1S/C46H27N3O2/c1-3-12-28(13-4-1)46-47-43(35-18-11-21-41-42(35)34-17-8-10-20-39(34)50-41)45-44(48-46)36-26-29(23-25-40(36)51-45)30-22-24-33-32-16-7-9-19-37(32)49(38(33)27-30)31-14-5-2-6-15-31/h1-27H. The normalized spacial score (nSPS) is 11.9. The zero-order valence-electron chi connectivity index (χ0n) is 27.2. The number of nitrogens with zero attached hydrogens (tertiary/aromatic N) is 3. The molecule has 0 bridgehead atoms. The van der Waals surface area contributed by atoms with Gasteiger partial charge in [-0.3, -0.25) is 0 Å². The Labute approximate surface area is 291 Å². The minimum atomic E-state index is 0.643. The zero-order chi connectivity index (χ0) is 33.5. The van der Waals surface area contributed by atoms with Gasteiger partial charge in [-0.1, -0.05) is 115 Å². The Kier molecular flexibility index (Phi) is 5.89. The molecule has 0 unspecified atom stereocenters. The molecule has 0 aliphatic heterocycles. The van der Waals surface area contributed by atoms with Gasteiger partial charge in [-0.15, -0.1) is 0 Å². The number of rotatable bonds is 4. The predicted octanol–water partition coefficient (Wildman–Crippen LogP) is 12.4. The molecule has 0 amide bonds. The highest BCUT2D eigenvalue weighted by Crippen LogP contribution is 2.42. The molecule has 0 radical (unpaired) electrons. The van der Waals surface area contributed by atoms with E-state index in [-0.39, 0.29) is 0 Å². The van der Waals surface area contributed by atoms with Crippen LogP contribution in [-0.2, 0) is 0 Å². The number of benzene rings is 7. The van der Waals surface area contributed by atoms with Crippen molar-refractivity contribution in [2.45, 2.75) is 0 Å². The Morgan fingerprint density at radius 2 is 1.12 bits per heavy atom. The summed E-state index contributed by atoms with van der Waals surface area (Å²) in [6, 6.07) is 56.7. The Balaban J connectivity index is 1.16. The van der Waals surface area contributed by atoms with Crippen molar-refractivity contribution < 1.29 is 8.83 Å². The van der Waals surface area contributed by atoms with E-state index >= 15 is 0 Å². The number of hydrogen-bond acceptors (Lipinski definition) is 4. The minimum absolute atomic E-state index is 0.643. The first-order valence-electron chi connectivity index (χ1n) is 17.1. The van der Waals surface area contributed by atoms with Crippen molar-refractivity contribution in [1.82, 2.24) is 14.5 Å². The number of para-hydroxylation sites is 3. The van der Waals surface area contributed by atoms with E-state index in [1.54, 1.807) is 0 Å². The summed E-state index contributed by atoms with van der Waals surface area (Å²) in [5.41, 5.74) is 12.1. The second-order valence-electron chi connectivity index (χ2n) is 12.9. The highest BCUT2D eigenvalue weighted by Gasteiger charge is 2.22. The van der Waals surface area contributed by atoms with E-state index in [9.17, 15) is 0 Å². The fourth-order valence-electron chi connectivity index (χ4n) is 7.70. The summed E-state index contributed by atoms with van der Waals surface area (Å²) >= 11 is 0. The number of furan rings is 2. The quantitative estimate of drug-likeness (QED) is 0.190. The molecule has 7 aromatic carbocycles. The van der Waals surface area contributed by atoms with Crippen LogP contribution in [0.5, 0.6) is 0 Å². The van der Waals surface area contributed by atoms with Gasteiger partial charge in [0.15, 0.2) is 11.4 Å². The van der Waals surface area contributed by atoms with Crippen LogP contribution in [0.3, 0.4) is 0 Å². The molecule has 4 aromatic heterocycles. The van der Waals surface area contributed by atoms with Crippen molar-refractivity contribution in [3.63, 3.8) is 0 Å². The number of hydrogen-bond donors (Lipinski definition) is 0. The van der Waals surface area contributed by atoms with Gasteiger partial charge in [-0.2, -0.15) is 0 Å². The SMILES string of the molecule is c1ccc(-c2nc(-c3cccc4oc5ccccc5c34)c3oc4ccc(-c5ccc6c7ccccc7n(-c7ccccc7)c6c5)cc4c3n2)cc1. The summed E-state index contributed by atoms with van der Waals surface area (Å²) in [5, 5.41) is 5.44. The van der Waals surface area contributed by atoms with Gasteiger partial charge < -0.3 is 13.4 Å². The van der Waals surface area contributed by atoms with Crippen molar-refractivity contribution >= 4 is 65.8 Å². The van der Waals surface area contributed by atoms with Crippen LogP contribution in [0.4, 0.5) is 0 Å². The van der Waals surface area contributed by atoms with Crippen LogP contribution >= 0.6 is 0 Å². The topological polar surface area (TPSA) is 57.0 Å². The lowest BCUT2D eigenvalue weighted by molar-refractivity contribution is 0.667. The van der Waals surface area contributed by atoms with Gasteiger partial charge in [0.25, 0.3) is 0 Å². The largest absolute Gasteiger partial charge is 0.456 e. The lowest BCUT2D eigenvalue weighted by Crippen LogP contribution is -1.94. The molecular formula is C46H27N3O2. The molecule has 0 saturated heterocycles. The van der Waals surface area contributed by atoms with Crippen molar-refractivity contribution in [2.75, 3.05) is 0 Å². The summed E-state index contributed by atoms with van der Waals surface area (Å²) < 4.78 is 15.3. The van der Waals surface area contributed by atoms with Gasteiger partial charge in [0, 0.05) is 43.7 Å². The predicted molar refractivity (Wildman–Crippen MR) is 207 cm³/mol. The molecule has 5 heteroatoms. The molecule has 0 N–H and O–H groups in total. The number of aromatic nitrogens is 3. The Morgan fingerprint density at radius 1 is 0.431 bits per heavy atom. The number of fused-ring (bicyclic) bond motifs is 9. The van der Waals surface area contributed by atoms with Crippen molar-refractivity contribution in [3.05, 3.63) is 164 Å². The van der Waals surface area contributed by atoms with Crippen LogP contribution in [0.1, 0.15) is 0 Å². The van der Waals surface area contributed by atoms with Gasteiger partial charge in [-0.05, 0) is 59.7 Å². The maximum atomic E-state index is 6.68. The third kappa shape index (κ3) is 4.22. The first kappa shape index (κ1) is 27.9. The molecule has 0 fully saturated rings. The first-order chi connectivity index (χ1) is 25.3. The average molecular weight is 654 g/mol. The molecule has 11 aromatic rings. The van der Waals surface area contributed by atoms with Crippen LogP contribution in [0.2, 0.25) is 0 Å². The van der Waals surface area contributed by atoms with E-state index in [2.05, 4.69) is 108 Å². The lowest BCUT2D eigenvalue weighted by Gasteiger charge is -2.09. The summed E-state index contributed by atoms with van der Waals surface area (Å²) in [6.45, 7) is 0. The molecular weight excluding hydrogens is 627 g/mol. The maximum Gasteiger partial charge on any atom is 0.180 e. The first-order valence-corrected chi connectivity index (χ1v) is 17.1. The lowest BCUT2D eigenvalue weighted by atomic mass is 10.0. The molecule has 0 spiro atoms. The molecule has 0 saturated carbocycles. The molecule has 0 aliphatic carbocycles. The monoisotopic (exact) mass is 653 g/mol. The van der Waals surface area contributed by atoms with E-state index < -0.39 is 0 Å². The molecule has 5 nitrogen and oxygen atoms in total. The van der Waals surface area contributed by atoms with Gasteiger partial charge in [0.2, 0.25) is 0 Å². The van der Waals surface area contributed by atoms with Crippen LogP contribution in [0.25, 0.3) is 105 Å². The van der Waals surface area contributed by atoms with Gasteiger partial charge in [0.1, 0.15) is 28.0 Å². The van der Waals surface area contributed by atoms with Gasteiger partial charge >= 0.3 is 0 Å². The van der Waals surface area contributed by atoms with Crippen molar-refractivity contribution in [3.8, 4) is 39.5 Å². The third-order valence-electron chi connectivity index (χ3n) is 10.0. The van der Waals surface area contributed by atoms with Gasteiger partial charge in [-0.25, -0.2) is 9.97 Å². The fraction of sp³-hybridized carbons (Fsp3) is 0. The van der Waals surface area contributed by atoms with Crippen LogP contribution < -0.4 is 0 Å². The van der Waals surface area contributed by atoms with Crippen molar-refractivity contribution in [1.29, 1.82) is 0 Å². The van der Waals surface area contributed by atoms with E-state index in [1.807, 2.05) is 60.7 Å². The summed E-state index contributed by atoms with van der Waals surface area (Å²) in [7, 11) is 0. The summed E-state index contributed by atoms with van der Waals surface area (Å²) in [6.07, 6.45) is 0. The zero-order valence-corrected chi connectivity index (χ0v) is 27.2. The molecule has 4 heterocycles. The highest BCUT2D eigenvalue weighted by atomic mass is 16.3. The highest BCUT2D eigenvalue weighted by molar-refractivity contribution is 6.16. The minimum Gasteiger partial charge on any atom is -0.456 e. The van der Waals surface area contributed by atoms with Crippen molar-refractivity contribution in [2.24, 2.45) is 0 Å². The van der Waals surface area contributed by atoms with E-state index in [1.165, 1.54) is 16.3 Å². The van der Waals surface area contributed by atoms with E-state index in [0.717, 1.165) is 77.6 Å². The second kappa shape index (κ2) is 10.8. The van der Waals surface area contributed by atoms with E-state index in [4.69, 9.17) is 18.8 Å². The van der Waals surface area contributed by atoms with Crippen LogP contribution in [0.15, 0.2) is 173 Å². The summed E-state index contributed by atoms with van der Waals surface area (Å²) in [5.74, 6) is 0.643. The maximum absolute atomic E-state index is 6.68. The second-order valence-corrected chi connectivity index (χ2v) is 12.9. The molecule has 51 heavy (non-hydrogen) atoms. The van der Waals surface area contributed by atoms with E-state index in [0.29, 0.717) is 11.4 Å².